The van der Waals surface area contributed by atoms with E-state index in [0.29, 0.717) is 10.8 Å². The van der Waals surface area contributed by atoms with Gasteiger partial charge in [-0.1, -0.05) is 41.5 Å². The predicted molar refractivity (Wildman–Crippen MR) is 128 cm³/mol. The molecular weight excluding hydrogens is 384 g/mol. The zero-order chi connectivity index (χ0) is 23.1. The summed E-state index contributed by atoms with van der Waals surface area (Å²) in [5.74, 6) is 2.45. The Hall–Kier alpha value is -1.46. The van der Waals surface area contributed by atoms with Crippen LogP contribution in [0.15, 0.2) is 5.10 Å². The van der Waals surface area contributed by atoms with Crippen molar-refractivity contribution in [3.8, 4) is 0 Å². The predicted octanol–water partition coefficient (Wildman–Crippen LogP) is 6.04. The monoisotopic (exact) mass is 430 g/mol. The first-order chi connectivity index (χ1) is 14.2. The molecule has 2 aliphatic rings. The fraction of sp³-hybridized carbons (Fsp3) is 0.920. The number of nitrogens with zero attached hydrogens (tertiary/aromatic N) is 5. The minimum atomic E-state index is -0.285. The molecule has 2 saturated carbocycles. The Morgan fingerprint density at radius 1 is 0.839 bits per heavy atom. The van der Waals surface area contributed by atoms with Crippen molar-refractivity contribution in [3.05, 3.63) is 5.82 Å². The van der Waals surface area contributed by atoms with Gasteiger partial charge in [0.2, 0.25) is 0 Å². The topological polar surface area (TPSA) is 68.0 Å². The van der Waals surface area contributed by atoms with Crippen molar-refractivity contribution in [2.24, 2.45) is 27.8 Å². The van der Waals surface area contributed by atoms with Crippen LogP contribution >= 0.6 is 0 Å². The Morgan fingerprint density at radius 3 is 1.84 bits per heavy atom. The summed E-state index contributed by atoms with van der Waals surface area (Å²) in [4.78, 5) is 0. The summed E-state index contributed by atoms with van der Waals surface area (Å²) in [6.45, 7) is 20.7. The summed E-state index contributed by atoms with van der Waals surface area (Å²) in [6.07, 6.45) is 9.06. The van der Waals surface area contributed by atoms with E-state index in [0.717, 1.165) is 43.3 Å². The van der Waals surface area contributed by atoms with Crippen LogP contribution in [0.3, 0.4) is 0 Å². The molecule has 2 aliphatic carbocycles. The van der Waals surface area contributed by atoms with Crippen LogP contribution in [0.25, 0.3) is 0 Å². The lowest BCUT2D eigenvalue weighted by Crippen LogP contribution is -2.48. The fourth-order valence-corrected chi connectivity index (χ4v) is 5.41. The second kappa shape index (κ2) is 8.47. The lowest BCUT2D eigenvalue weighted by atomic mass is 9.67. The van der Waals surface area contributed by atoms with Crippen LogP contribution < -0.4 is 5.43 Å². The SMILES string of the molecule is CC(C)(C)C1CCC(=NNC2(c3nnnn3C(C)(C)C)CCC(C(C)(C)C)CC2)CC1. The van der Waals surface area contributed by atoms with Crippen LogP contribution in [-0.2, 0) is 11.1 Å². The molecular formula is C25H46N6. The Balaban J connectivity index is 1.83. The molecule has 0 bridgehead atoms. The zero-order valence-electron chi connectivity index (χ0n) is 21.5. The number of tetrazole rings is 1. The molecule has 176 valence electrons. The molecule has 6 nitrogen and oxygen atoms in total. The van der Waals surface area contributed by atoms with E-state index in [2.05, 4.69) is 83.3 Å². The summed E-state index contributed by atoms with van der Waals surface area (Å²) >= 11 is 0. The van der Waals surface area contributed by atoms with Gasteiger partial charge in [-0.15, -0.1) is 5.10 Å². The van der Waals surface area contributed by atoms with Gasteiger partial charge in [0.25, 0.3) is 0 Å². The van der Waals surface area contributed by atoms with Gasteiger partial charge in [0.15, 0.2) is 5.82 Å². The van der Waals surface area contributed by atoms with E-state index in [-0.39, 0.29) is 11.1 Å². The van der Waals surface area contributed by atoms with Crippen LogP contribution in [-0.4, -0.2) is 25.9 Å². The highest BCUT2D eigenvalue weighted by molar-refractivity contribution is 5.84. The Morgan fingerprint density at radius 2 is 1.35 bits per heavy atom. The molecule has 3 rings (SSSR count). The van der Waals surface area contributed by atoms with Gasteiger partial charge >= 0.3 is 0 Å². The second-order valence-electron chi connectivity index (χ2n) is 13.2. The Labute approximate surface area is 190 Å². The maximum atomic E-state index is 5.02. The van der Waals surface area contributed by atoms with E-state index in [1.54, 1.807) is 0 Å². The van der Waals surface area contributed by atoms with Gasteiger partial charge in [-0.05, 0) is 105 Å². The molecule has 31 heavy (non-hydrogen) atoms. The minimum Gasteiger partial charge on any atom is -0.296 e. The van der Waals surface area contributed by atoms with E-state index in [9.17, 15) is 0 Å². The number of aromatic nitrogens is 4. The van der Waals surface area contributed by atoms with Crippen molar-refractivity contribution < 1.29 is 0 Å². The average Bonchev–Trinajstić information content (AvgIpc) is 3.17. The number of hydrogen-bond donors (Lipinski definition) is 1. The number of hydrogen-bond acceptors (Lipinski definition) is 5. The smallest absolute Gasteiger partial charge is 0.178 e. The van der Waals surface area contributed by atoms with Gasteiger partial charge < -0.3 is 0 Å². The second-order valence-corrected chi connectivity index (χ2v) is 13.2. The summed E-state index contributed by atoms with van der Waals surface area (Å²) < 4.78 is 2.01. The highest BCUT2D eigenvalue weighted by Crippen LogP contribution is 2.45. The highest BCUT2D eigenvalue weighted by Gasteiger charge is 2.45. The van der Waals surface area contributed by atoms with E-state index in [1.165, 1.54) is 31.4 Å². The highest BCUT2D eigenvalue weighted by atomic mass is 15.6. The summed E-state index contributed by atoms with van der Waals surface area (Å²) in [6, 6.07) is 0. The first-order valence-electron chi connectivity index (χ1n) is 12.3. The van der Waals surface area contributed by atoms with E-state index in [4.69, 9.17) is 5.10 Å². The third-order valence-electron chi connectivity index (χ3n) is 7.81. The normalized spacial score (nSPS) is 28.5. The molecule has 1 aromatic heterocycles. The Kier molecular flexibility index (Phi) is 6.61. The van der Waals surface area contributed by atoms with Crippen LogP contribution in [0.2, 0.25) is 0 Å². The maximum absolute atomic E-state index is 5.02. The lowest BCUT2D eigenvalue weighted by molar-refractivity contribution is 0.101. The molecule has 0 saturated heterocycles. The molecule has 0 aromatic carbocycles. The van der Waals surface area contributed by atoms with Gasteiger partial charge in [-0.25, -0.2) is 4.68 Å². The number of rotatable bonds is 3. The van der Waals surface area contributed by atoms with Gasteiger partial charge in [0, 0.05) is 5.71 Å². The van der Waals surface area contributed by atoms with Crippen LogP contribution in [0.1, 0.15) is 120 Å². The molecule has 0 atom stereocenters. The summed E-state index contributed by atoms with van der Waals surface area (Å²) in [7, 11) is 0. The molecule has 0 amide bonds. The summed E-state index contributed by atoms with van der Waals surface area (Å²) in [5.41, 5.74) is 5.26. The maximum Gasteiger partial charge on any atom is 0.178 e. The third-order valence-corrected chi connectivity index (χ3v) is 7.81. The van der Waals surface area contributed by atoms with Crippen molar-refractivity contribution in [2.45, 2.75) is 125 Å². The minimum absolute atomic E-state index is 0.160. The van der Waals surface area contributed by atoms with E-state index < -0.39 is 0 Å². The molecule has 0 aliphatic heterocycles. The van der Waals surface area contributed by atoms with E-state index in [1.807, 2.05) is 4.68 Å². The van der Waals surface area contributed by atoms with Crippen molar-refractivity contribution in [3.63, 3.8) is 0 Å². The van der Waals surface area contributed by atoms with Crippen molar-refractivity contribution >= 4 is 5.71 Å². The fourth-order valence-electron chi connectivity index (χ4n) is 5.41. The Bertz CT molecular complexity index is 753. The quantitative estimate of drug-likeness (QED) is 0.593. The molecule has 1 N–H and O–H groups in total. The standard InChI is InChI=1S/C25H46N6/c1-22(2,3)18-10-12-20(13-11-18)26-28-25(16-14-19(15-17-25)23(4,5)6)21-27-29-30-31(21)24(7,8)9/h18-19,28H,10-17H2,1-9H3. The van der Waals surface area contributed by atoms with Gasteiger partial charge in [0.1, 0.15) is 5.54 Å². The molecule has 1 heterocycles. The molecule has 0 unspecified atom stereocenters. The van der Waals surface area contributed by atoms with Gasteiger partial charge in [0.05, 0.1) is 5.54 Å². The van der Waals surface area contributed by atoms with E-state index >= 15 is 0 Å². The van der Waals surface area contributed by atoms with Crippen molar-refractivity contribution in [1.29, 1.82) is 0 Å². The molecule has 0 spiro atoms. The van der Waals surface area contributed by atoms with Crippen LogP contribution in [0.4, 0.5) is 0 Å². The zero-order valence-corrected chi connectivity index (χ0v) is 21.5. The molecule has 1 aromatic rings. The first-order valence-corrected chi connectivity index (χ1v) is 12.3. The first kappa shape index (κ1) is 24.2. The third kappa shape index (κ3) is 5.48. The van der Waals surface area contributed by atoms with Gasteiger partial charge in [-0.2, -0.15) is 5.10 Å². The number of hydrazone groups is 1. The van der Waals surface area contributed by atoms with Gasteiger partial charge in [-0.3, -0.25) is 5.43 Å². The molecule has 0 radical (unpaired) electrons. The largest absolute Gasteiger partial charge is 0.296 e. The van der Waals surface area contributed by atoms with Crippen LogP contribution in [0.5, 0.6) is 0 Å². The average molecular weight is 431 g/mol. The molecule has 2 fully saturated rings. The summed E-state index contributed by atoms with van der Waals surface area (Å²) in [5, 5.41) is 18.0. The number of nitrogens with one attached hydrogen (secondary N) is 1. The lowest BCUT2D eigenvalue weighted by Gasteiger charge is -2.44. The van der Waals surface area contributed by atoms with Crippen LogP contribution in [0, 0.1) is 22.7 Å². The van der Waals surface area contributed by atoms with Crippen molar-refractivity contribution in [1.82, 2.24) is 25.6 Å². The van der Waals surface area contributed by atoms with Crippen molar-refractivity contribution in [2.75, 3.05) is 0 Å². The molecule has 6 heteroatoms.